The Morgan fingerprint density at radius 2 is 2.19 bits per heavy atom. The molecule has 6 heteroatoms. The fraction of sp³-hybridized carbons (Fsp3) is 0.667. The fourth-order valence-electron chi connectivity index (χ4n) is 2.75. The molecule has 1 fully saturated rings. The molecule has 21 heavy (non-hydrogen) atoms. The first-order valence-corrected chi connectivity index (χ1v) is 7.41. The van der Waals surface area contributed by atoms with E-state index in [1.807, 2.05) is 14.1 Å². The Morgan fingerprint density at radius 1 is 1.38 bits per heavy atom. The molecule has 1 unspecified atom stereocenters. The molecule has 0 aromatic carbocycles. The maximum atomic E-state index is 4.29. The molecule has 1 aromatic rings. The summed E-state index contributed by atoms with van der Waals surface area (Å²) in [6.45, 7) is 4.23. The quantitative estimate of drug-likeness (QED) is 0.455. The third-order valence-corrected chi connectivity index (χ3v) is 3.86. The zero-order chi connectivity index (χ0) is 14.4. The highest BCUT2D eigenvalue weighted by molar-refractivity contribution is 14.0. The molecule has 1 aliphatic heterocycles. The van der Waals surface area contributed by atoms with Gasteiger partial charge >= 0.3 is 0 Å². The van der Waals surface area contributed by atoms with E-state index in [1.54, 1.807) is 0 Å². The number of hydrogen-bond acceptors (Lipinski definition) is 2. The highest BCUT2D eigenvalue weighted by Gasteiger charge is 2.17. The lowest BCUT2D eigenvalue weighted by Crippen LogP contribution is -2.43. The largest absolute Gasteiger partial charge is 0.357 e. The molecule has 120 valence electrons. The van der Waals surface area contributed by atoms with E-state index in [4.69, 9.17) is 0 Å². The van der Waals surface area contributed by atoms with Crippen LogP contribution >= 0.6 is 24.0 Å². The summed E-state index contributed by atoms with van der Waals surface area (Å²) < 4.78 is 2.06. The lowest BCUT2D eigenvalue weighted by molar-refractivity contribution is 0.210. The number of halogens is 1. The van der Waals surface area contributed by atoms with E-state index in [2.05, 4.69) is 50.6 Å². The van der Waals surface area contributed by atoms with Crippen molar-refractivity contribution in [1.82, 2.24) is 20.1 Å². The molecule has 0 bridgehead atoms. The fourth-order valence-corrected chi connectivity index (χ4v) is 2.75. The van der Waals surface area contributed by atoms with Crippen molar-refractivity contribution < 1.29 is 0 Å². The van der Waals surface area contributed by atoms with Crippen molar-refractivity contribution in [3.8, 4) is 0 Å². The SMILES string of the molecule is CN=C(NCc1ccn(C)c1)NCC1CCCN(C)C1.I. The monoisotopic (exact) mass is 405 g/mol. The minimum atomic E-state index is 0. The number of rotatable bonds is 4. The Morgan fingerprint density at radius 3 is 2.81 bits per heavy atom. The average molecular weight is 405 g/mol. The highest BCUT2D eigenvalue weighted by atomic mass is 127. The second kappa shape index (κ2) is 9.30. The van der Waals surface area contributed by atoms with Gasteiger partial charge in [0.1, 0.15) is 0 Å². The summed E-state index contributed by atoms with van der Waals surface area (Å²) in [5.74, 6) is 1.62. The Kier molecular flexibility index (Phi) is 8.10. The maximum absolute atomic E-state index is 4.29. The molecule has 1 atom stereocenters. The van der Waals surface area contributed by atoms with Crippen LogP contribution in [0.3, 0.4) is 0 Å². The molecule has 1 saturated heterocycles. The number of likely N-dealkylation sites (tertiary alicyclic amines) is 1. The van der Waals surface area contributed by atoms with E-state index in [1.165, 1.54) is 31.5 Å². The third kappa shape index (κ3) is 6.25. The molecule has 1 aliphatic rings. The predicted molar refractivity (Wildman–Crippen MR) is 99.3 cm³/mol. The first-order valence-electron chi connectivity index (χ1n) is 7.41. The van der Waals surface area contributed by atoms with Crippen LogP contribution in [0, 0.1) is 5.92 Å². The maximum Gasteiger partial charge on any atom is 0.191 e. The molecule has 2 N–H and O–H groups in total. The topological polar surface area (TPSA) is 44.6 Å². The van der Waals surface area contributed by atoms with Crippen LogP contribution in [0.25, 0.3) is 0 Å². The van der Waals surface area contributed by atoms with Gasteiger partial charge < -0.3 is 20.1 Å². The van der Waals surface area contributed by atoms with Gasteiger partial charge in [-0.15, -0.1) is 24.0 Å². The zero-order valence-corrected chi connectivity index (χ0v) is 15.6. The summed E-state index contributed by atoms with van der Waals surface area (Å²) >= 11 is 0. The third-order valence-electron chi connectivity index (χ3n) is 3.86. The van der Waals surface area contributed by atoms with Crippen molar-refractivity contribution in [3.05, 3.63) is 24.0 Å². The van der Waals surface area contributed by atoms with Gasteiger partial charge in [0.25, 0.3) is 0 Å². The van der Waals surface area contributed by atoms with E-state index >= 15 is 0 Å². The summed E-state index contributed by atoms with van der Waals surface area (Å²) in [5, 5.41) is 6.80. The minimum Gasteiger partial charge on any atom is -0.357 e. The van der Waals surface area contributed by atoms with Crippen LogP contribution in [-0.4, -0.2) is 49.2 Å². The molecule has 0 spiro atoms. The number of hydrogen-bond donors (Lipinski definition) is 2. The molecule has 2 rings (SSSR count). The van der Waals surface area contributed by atoms with E-state index in [-0.39, 0.29) is 24.0 Å². The van der Waals surface area contributed by atoms with Crippen molar-refractivity contribution in [3.63, 3.8) is 0 Å². The standard InChI is InChI=1S/C15H27N5.HI/c1-16-15(18-10-14-6-8-20(3)12-14)17-9-13-5-4-7-19(2)11-13;/h6,8,12-13H,4-5,7,9-11H2,1-3H3,(H2,16,17,18);1H. The molecule has 0 amide bonds. The number of aryl methyl sites for hydroxylation is 1. The van der Waals surface area contributed by atoms with Crippen LogP contribution in [0.5, 0.6) is 0 Å². The second-order valence-corrected chi connectivity index (χ2v) is 5.76. The number of aliphatic imine (C=N–C) groups is 1. The number of nitrogens with zero attached hydrogens (tertiary/aromatic N) is 3. The van der Waals surface area contributed by atoms with Crippen LogP contribution in [-0.2, 0) is 13.6 Å². The Bertz CT molecular complexity index is 443. The summed E-state index contributed by atoms with van der Waals surface area (Å²) in [6, 6.07) is 2.12. The van der Waals surface area contributed by atoms with Crippen molar-refractivity contribution >= 4 is 29.9 Å². The van der Waals surface area contributed by atoms with E-state index in [9.17, 15) is 0 Å². The zero-order valence-electron chi connectivity index (χ0n) is 13.3. The molecule has 2 heterocycles. The summed E-state index contributed by atoms with van der Waals surface area (Å²) in [4.78, 5) is 6.70. The average Bonchev–Trinajstić information content (AvgIpc) is 2.85. The van der Waals surface area contributed by atoms with Gasteiger partial charge in [-0.2, -0.15) is 0 Å². The van der Waals surface area contributed by atoms with E-state index < -0.39 is 0 Å². The first kappa shape index (κ1) is 18.3. The Labute approximate surface area is 145 Å². The molecule has 0 radical (unpaired) electrons. The van der Waals surface area contributed by atoms with E-state index in [0.29, 0.717) is 0 Å². The lowest BCUT2D eigenvalue weighted by atomic mass is 9.99. The second-order valence-electron chi connectivity index (χ2n) is 5.76. The van der Waals surface area contributed by atoms with E-state index in [0.717, 1.165) is 25.0 Å². The smallest absolute Gasteiger partial charge is 0.191 e. The molecule has 0 aliphatic carbocycles. The molecular weight excluding hydrogens is 377 g/mol. The van der Waals surface area contributed by atoms with Crippen molar-refractivity contribution in [1.29, 1.82) is 0 Å². The molecule has 5 nitrogen and oxygen atoms in total. The van der Waals surface area contributed by atoms with Gasteiger partial charge in [0.2, 0.25) is 0 Å². The summed E-state index contributed by atoms with van der Waals surface area (Å²) in [5.41, 5.74) is 1.27. The molecule has 1 aromatic heterocycles. The lowest BCUT2D eigenvalue weighted by Gasteiger charge is -2.30. The van der Waals surface area contributed by atoms with Crippen LogP contribution < -0.4 is 10.6 Å². The summed E-state index contributed by atoms with van der Waals surface area (Å²) in [7, 11) is 6.07. The minimum absolute atomic E-state index is 0. The Balaban J connectivity index is 0.00000220. The van der Waals surface area contributed by atoms with Gasteiger partial charge in [-0.1, -0.05) is 0 Å². The van der Waals surface area contributed by atoms with Crippen LogP contribution in [0.2, 0.25) is 0 Å². The number of piperidine rings is 1. The van der Waals surface area contributed by atoms with Gasteiger partial charge in [-0.3, -0.25) is 4.99 Å². The van der Waals surface area contributed by atoms with Gasteiger partial charge in [0.15, 0.2) is 5.96 Å². The number of guanidine groups is 1. The van der Waals surface area contributed by atoms with Crippen LogP contribution in [0.4, 0.5) is 0 Å². The van der Waals surface area contributed by atoms with Gasteiger partial charge in [0.05, 0.1) is 0 Å². The van der Waals surface area contributed by atoms with Gasteiger partial charge in [0, 0.05) is 46.1 Å². The molecule has 0 saturated carbocycles. The Hall–Kier alpha value is -0.760. The first-order chi connectivity index (χ1) is 9.67. The van der Waals surface area contributed by atoms with Crippen molar-refractivity contribution in [2.24, 2.45) is 18.0 Å². The van der Waals surface area contributed by atoms with Crippen molar-refractivity contribution in [2.45, 2.75) is 19.4 Å². The van der Waals surface area contributed by atoms with Crippen LogP contribution in [0.15, 0.2) is 23.5 Å². The highest BCUT2D eigenvalue weighted by Crippen LogP contribution is 2.13. The number of nitrogens with one attached hydrogen (secondary N) is 2. The van der Waals surface area contributed by atoms with Gasteiger partial charge in [-0.05, 0) is 44.0 Å². The summed E-state index contributed by atoms with van der Waals surface area (Å²) in [6.07, 6.45) is 6.80. The molecular formula is C15H28IN5. The van der Waals surface area contributed by atoms with Crippen LogP contribution in [0.1, 0.15) is 18.4 Å². The number of aromatic nitrogens is 1. The predicted octanol–water partition coefficient (Wildman–Crippen LogP) is 1.65. The van der Waals surface area contributed by atoms with Gasteiger partial charge in [-0.25, -0.2) is 0 Å². The normalized spacial score (nSPS) is 20.0. The van der Waals surface area contributed by atoms with Crippen molar-refractivity contribution in [2.75, 3.05) is 33.7 Å².